The van der Waals surface area contributed by atoms with Crippen molar-refractivity contribution in [2.75, 3.05) is 13.6 Å². The van der Waals surface area contributed by atoms with Gasteiger partial charge in [-0.15, -0.1) is 0 Å². The van der Waals surface area contributed by atoms with Crippen molar-refractivity contribution in [1.29, 1.82) is 0 Å². The van der Waals surface area contributed by atoms with Crippen LogP contribution in [0.4, 0.5) is 8.78 Å². The maximum absolute atomic E-state index is 14.2. The Labute approximate surface area is 195 Å². The smallest absolute Gasteiger partial charge is 0.238 e. The van der Waals surface area contributed by atoms with Crippen molar-refractivity contribution >= 4 is 23.1 Å². The summed E-state index contributed by atoms with van der Waals surface area (Å²) in [6.45, 7) is 6.35. The predicted octanol–water partition coefficient (Wildman–Crippen LogP) is 5.32. The van der Waals surface area contributed by atoms with E-state index in [9.17, 15) is 13.6 Å². The average molecular weight is 462 g/mol. The van der Waals surface area contributed by atoms with Crippen LogP contribution in [-0.2, 0) is 11.2 Å². The lowest BCUT2D eigenvalue weighted by Gasteiger charge is -2.41. The van der Waals surface area contributed by atoms with Gasteiger partial charge >= 0.3 is 0 Å². The number of thiocarbonyl (C=S) groups is 1. The summed E-state index contributed by atoms with van der Waals surface area (Å²) in [6.07, 6.45) is 3.81. The maximum atomic E-state index is 14.2. The Balaban J connectivity index is 0.00000176. The molecule has 2 aromatic rings. The van der Waals surface area contributed by atoms with Gasteiger partial charge in [0.05, 0.1) is 6.04 Å². The molecule has 0 bridgehead atoms. The normalized spacial score (nSPS) is 16.9. The van der Waals surface area contributed by atoms with Crippen molar-refractivity contribution in [3.63, 3.8) is 0 Å². The summed E-state index contributed by atoms with van der Waals surface area (Å²) in [6, 6.07) is 11.0. The van der Waals surface area contributed by atoms with Crippen LogP contribution in [0.2, 0.25) is 0 Å². The van der Waals surface area contributed by atoms with Gasteiger partial charge in [0, 0.05) is 12.5 Å². The summed E-state index contributed by atoms with van der Waals surface area (Å²) < 4.78 is 27.9. The first-order valence-electron chi connectivity index (χ1n) is 11.2. The molecule has 0 spiro atoms. The zero-order chi connectivity index (χ0) is 23.7. The van der Waals surface area contributed by atoms with Gasteiger partial charge in [0.2, 0.25) is 5.91 Å². The van der Waals surface area contributed by atoms with Crippen LogP contribution in [0.3, 0.4) is 0 Å². The molecule has 0 heterocycles. The molecular weight excluding hydrogens is 428 g/mol. The van der Waals surface area contributed by atoms with Crippen LogP contribution in [-0.4, -0.2) is 29.5 Å². The number of hydrogen-bond acceptors (Lipinski definition) is 3. The van der Waals surface area contributed by atoms with Crippen molar-refractivity contribution in [2.24, 2.45) is 5.92 Å². The summed E-state index contributed by atoms with van der Waals surface area (Å²) in [5.74, 6) is -1.22. The molecule has 1 aliphatic carbocycles. The summed E-state index contributed by atoms with van der Waals surface area (Å²) in [5.41, 5.74) is 5.13. The molecule has 0 aromatic heterocycles. The Kier molecular flexibility index (Phi) is 10.2. The van der Waals surface area contributed by atoms with Gasteiger partial charge in [0.15, 0.2) is 0 Å². The molecule has 0 fully saturated rings. The highest BCUT2D eigenvalue weighted by Gasteiger charge is 2.35. The number of carbonyl (C=O) groups excluding carboxylic acids is 1. The molecule has 1 amide bonds. The molecule has 2 atom stereocenters. The van der Waals surface area contributed by atoms with E-state index < -0.39 is 11.6 Å². The fourth-order valence-electron chi connectivity index (χ4n) is 4.18. The highest BCUT2D eigenvalue weighted by molar-refractivity contribution is 7.80. The minimum Gasteiger partial charge on any atom is -0.320 e. The molecule has 0 saturated heterocycles. The monoisotopic (exact) mass is 461 g/mol. The van der Waals surface area contributed by atoms with Crippen LogP contribution in [0, 0.1) is 17.6 Å². The standard InChI is InChI=1S/C23H27F2N3OS.C2H6/c1-15(29)28(27-23(30)20-14-18(24)11-12-21(20)25)22-17(7-5-13-26-2)10-9-16-6-3-4-8-19(16)22;1-2/h3-4,6,8,11-12,14,17,22,26H,5,7,9-10,13H2,1-2H3,(H,27,30);1-2H3. The predicted molar refractivity (Wildman–Crippen MR) is 129 cm³/mol. The SMILES string of the molecule is CC.CNCCCC1CCc2ccccc2C1N(NC(=S)c1cc(F)ccc1F)C(C)=O. The molecule has 0 aliphatic heterocycles. The number of aryl methyl sites for hydroxylation is 1. The fourth-order valence-corrected chi connectivity index (χ4v) is 4.44. The van der Waals surface area contributed by atoms with Crippen molar-refractivity contribution in [3.05, 3.63) is 70.8 Å². The van der Waals surface area contributed by atoms with Crippen molar-refractivity contribution in [2.45, 2.75) is 52.5 Å². The molecule has 0 saturated carbocycles. The zero-order valence-electron chi connectivity index (χ0n) is 19.3. The number of carbonyl (C=O) groups is 1. The van der Waals surface area contributed by atoms with Gasteiger partial charge in [-0.3, -0.25) is 10.2 Å². The van der Waals surface area contributed by atoms with Gasteiger partial charge in [-0.2, -0.15) is 0 Å². The largest absolute Gasteiger partial charge is 0.320 e. The number of nitrogens with one attached hydrogen (secondary N) is 2. The van der Waals surface area contributed by atoms with E-state index in [2.05, 4.69) is 16.8 Å². The van der Waals surface area contributed by atoms with E-state index in [-0.39, 0.29) is 28.4 Å². The van der Waals surface area contributed by atoms with E-state index in [0.717, 1.165) is 56.0 Å². The lowest BCUT2D eigenvalue weighted by Crippen LogP contribution is -2.50. The number of hydrogen-bond donors (Lipinski definition) is 2. The van der Waals surface area contributed by atoms with E-state index in [4.69, 9.17) is 12.2 Å². The Bertz CT molecular complexity index is 922. The summed E-state index contributed by atoms with van der Waals surface area (Å²) >= 11 is 5.35. The van der Waals surface area contributed by atoms with Crippen LogP contribution >= 0.6 is 12.2 Å². The molecule has 4 nitrogen and oxygen atoms in total. The third kappa shape index (κ3) is 6.33. The Morgan fingerprint density at radius 3 is 2.59 bits per heavy atom. The summed E-state index contributed by atoms with van der Waals surface area (Å²) in [5, 5.41) is 4.66. The number of hydrazine groups is 1. The van der Waals surface area contributed by atoms with Crippen molar-refractivity contribution in [3.8, 4) is 0 Å². The third-order valence-corrected chi connectivity index (χ3v) is 5.93. The van der Waals surface area contributed by atoms with Gasteiger partial charge < -0.3 is 5.32 Å². The molecule has 3 rings (SSSR count). The molecule has 2 N–H and O–H groups in total. The van der Waals surface area contributed by atoms with Crippen LogP contribution in [0.15, 0.2) is 42.5 Å². The van der Waals surface area contributed by atoms with Crippen LogP contribution in [0.1, 0.15) is 62.8 Å². The first-order chi connectivity index (χ1) is 15.4. The highest BCUT2D eigenvalue weighted by Crippen LogP contribution is 2.40. The minimum atomic E-state index is -0.632. The van der Waals surface area contributed by atoms with E-state index in [1.807, 2.05) is 39.1 Å². The van der Waals surface area contributed by atoms with Gasteiger partial charge in [0.25, 0.3) is 0 Å². The fraction of sp³-hybridized carbons (Fsp3) is 0.440. The quantitative estimate of drug-likeness (QED) is 0.347. The van der Waals surface area contributed by atoms with E-state index in [1.54, 1.807) is 0 Å². The maximum Gasteiger partial charge on any atom is 0.238 e. The molecule has 7 heteroatoms. The highest BCUT2D eigenvalue weighted by atomic mass is 32.1. The van der Waals surface area contributed by atoms with Crippen LogP contribution < -0.4 is 10.7 Å². The zero-order valence-corrected chi connectivity index (χ0v) is 20.1. The van der Waals surface area contributed by atoms with E-state index in [0.29, 0.717) is 0 Å². The van der Waals surface area contributed by atoms with E-state index >= 15 is 0 Å². The first-order valence-corrected chi connectivity index (χ1v) is 11.6. The minimum absolute atomic E-state index is 0.0146. The summed E-state index contributed by atoms with van der Waals surface area (Å²) in [4.78, 5) is 12.7. The van der Waals surface area contributed by atoms with E-state index in [1.165, 1.54) is 17.5 Å². The van der Waals surface area contributed by atoms with Crippen molar-refractivity contribution in [1.82, 2.24) is 15.8 Å². The van der Waals surface area contributed by atoms with Crippen LogP contribution in [0.5, 0.6) is 0 Å². The number of rotatable bonds is 6. The van der Waals surface area contributed by atoms with Gasteiger partial charge in [0.1, 0.15) is 16.6 Å². The number of fused-ring (bicyclic) bond motifs is 1. The topological polar surface area (TPSA) is 44.4 Å². The Morgan fingerprint density at radius 1 is 1.19 bits per heavy atom. The number of nitrogens with zero attached hydrogens (tertiary/aromatic N) is 1. The van der Waals surface area contributed by atoms with Crippen molar-refractivity contribution < 1.29 is 13.6 Å². The van der Waals surface area contributed by atoms with Crippen LogP contribution in [0.25, 0.3) is 0 Å². The lowest BCUT2D eigenvalue weighted by molar-refractivity contribution is -0.135. The first kappa shape index (κ1) is 25.9. The third-order valence-electron chi connectivity index (χ3n) is 5.62. The summed E-state index contributed by atoms with van der Waals surface area (Å²) in [7, 11) is 1.92. The van der Waals surface area contributed by atoms with Gasteiger partial charge in [-0.1, -0.05) is 50.3 Å². The number of amides is 1. The number of benzene rings is 2. The second-order valence-corrected chi connectivity index (χ2v) is 8.05. The molecule has 2 unspecified atom stereocenters. The molecule has 1 aliphatic rings. The molecule has 174 valence electrons. The second kappa shape index (κ2) is 12.6. The van der Waals surface area contributed by atoms with Gasteiger partial charge in [-0.05, 0) is 74.5 Å². The van der Waals surface area contributed by atoms with Gasteiger partial charge in [-0.25, -0.2) is 13.8 Å². The molecule has 2 aromatic carbocycles. The lowest BCUT2D eigenvalue weighted by atomic mass is 9.77. The Hall–Kier alpha value is -2.38. The number of halogens is 2. The molecular formula is C25H33F2N3OS. The molecule has 0 radical (unpaired) electrons. The average Bonchev–Trinajstić information content (AvgIpc) is 2.80. The molecule has 32 heavy (non-hydrogen) atoms. The Morgan fingerprint density at radius 2 is 1.91 bits per heavy atom. The second-order valence-electron chi connectivity index (χ2n) is 7.64.